The van der Waals surface area contributed by atoms with E-state index < -0.39 is 0 Å². The molecule has 1 amide bonds. The second-order valence-corrected chi connectivity index (χ2v) is 5.56. The fourth-order valence-corrected chi connectivity index (χ4v) is 2.90. The molecule has 100 valence electrons. The summed E-state index contributed by atoms with van der Waals surface area (Å²) in [5.41, 5.74) is 0. The summed E-state index contributed by atoms with van der Waals surface area (Å²) in [6.07, 6.45) is 4.56. The maximum Gasteiger partial charge on any atom is 0.239 e. The average molecular weight is 261 g/mol. The van der Waals surface area contributed by atoms with Gasteiger partial charge in [0.05, 0.1) is 6.04 Å². The molecule has 2 saturated heterocycles. The molecule has 1 N–H and O–H groups in total. The van der Waals surface area contributed by atoms with Crippen LogP contribution in [-0.2, 0) is 4.79 Å². The van der Waals surface area contributed by atoms with Crippen molar-refractivity contribution < 1.29 is 4.79 Å². The zero-order valence-corrected chi connectivity index (χ0v) is 11.8. The quantitative estimate of drug-likeness (QED) is 0.824. The van der Waals surface area contributed by atoms with E-state index in [9.17, 15) is 4.79 Å². The number of hydrogen-bond acceptors (Lipinski definition) is 2. The van der Waals surface area contributed by atoms with Crippen molar-refractivity contribution in [2.75, 3.05) is 19.6 Å². The fourth-order valence-electron chi connectivity index (χ4n) is 2.90. The summed E-state index contributed by atoms with van der Waals surface area (Å²) in [5.74, 6) is 1.93. The molecular weight excluding hydrogens is 236 g/mol. The van der Waals surface area contributed by atoms with Crippen LogP contribution < -0.4 is 5.32 Å². The van der Waals surface area contributed by atoms with Gasteiger partial charge in [-0.2, -0.15) is 0 Å². The Morgan fingerprint density at radius 1 is 1.24 bits per heavy atom. The molecule has 0 aromatic carbocycles. The predicted molar refractivity (Wildman–Crippen MR) is 72.4 cm³/mol. The minimum absolute atomic E-state index is 0. The third-order valence-electron chi connectivity index (χ3n) is 4.15. The number of halogens is 1. The van der Waals surface area contributed by atoms with Crippen molar-refractivity contribution in [1.29, 1.82) is 0 Å². The van der Waals surface area contributed by atoms with Crippen molar-refractivity contribution in [2.24, 2.45) is 11.8 Å². The van der Waals surface area contributed by atoms with E-state index in [2.05, 4.69) is 24.1 Å². The van der Waals surface area contributed by atoms with Crippen molar-refractivity contribution in [3.8, 4) is 0 Å². The highest BCUT2D eigenvalue weighted by molar-refractivity contribution is 5.85. The Kier molecular flexibility index (Phi) is 5.74. The smallest absolute Gasteiger partial charge is 0.239 e. The number of nitrogens with one attached hydrogen (secondary N) is 1. The van der Waals surface area contributed by atoms with E-state index >= 15 is 0 Å². The Morgan fingerprint density at radius 3 is 2.35 bits per heavy atom. The Labute approximate surface area is 111 Å². The summed E-state index contributed by atoms with van der Waals surface area (Å²) in [6, 6.07) is 0.121. The van der Waals surface area contributed by atoms with Gasteiger partial charge in [-0.25, -0.2) is 0 Å². The molecule has 0 spiro atoms. The molecular formula is C13H25ClN2O. The van der Waals surface area contributed by atoms with Gasteiger partial charge < -0.3 is 10.2 Å². The molecule has 0 bridgehead atoms. The molecule has 3 nitrogen and oxygen atoms in total. The second kappa shape index (κ2) is 6.60. The second-order valence-electron chi connectivity index (χ2n) is 5.56. The molecule has 0 saturated carbocycles. The van der Waals surface area contributed by atoms with Gasteiger partial charge in [-0.15, -0.1) is 12.4 Å². The molecule has 0 aliphatic carbocycles. The summed E-state index contributed by atoms with van der Waals surface area (Å²) in [7, 11) is 0. The van der Waals surface area contributed by atoms with E-state index in [0.29, 0.717) is 5.91 Å². The van der Waals surface area contributed by atoms with Crippen LogP contribution in [0.25, 0.3) is 0 Å². The lowest BCUT2D eigenvalue weighted by molar-refractivity contribution is -0.134. The van der Waals surface area contributed by atoms with E-state index in [-0.39, 0.29) is 18.4 Å². The van der Waals surface area contributed by atoms with Crippen LogP contribution in [-0.4, -0.2) is 36.5 Å². The predicted octanol–water partition coefficient (Wildman–Crippen LogP) is 2.05. The van der Waals surface area contributed by atoms with Crippen LogP contribution >= 0.6 is 12.4 Å². The van der Waals surface area contributed by atoms with Crippen molar-refractivity contribution in [3.05, 3.63) is 0 Å². The zero-order chi connectivity index (χ0) is 11.5. The SMILES string of the molecule is CC(C)C1CCN(C(=O)[C@@H]2CCCN2)CC1.Cl. The molecule has 2 aliphatic heterocycles. The number of piperidine rings is 1. The molecule has 0 aromatic heterocycles. The Morgan fingerprint density at radius 2 is 1.88 bits per heavy atom. The Balaban J connectivity index is 0.00000144. The standard InChI is InChI=1S/C13H24N2O.ClH/c1-10(2)11-5-8-15(9-6-11)13(16)12-4-3-7-14-12;/h10-12,14H,3-9H2,1-2H3;1H/t12-;/m0./s1. The van der Waals surface area contributed by atoms with Gasteiger partial charge in [0.15, 0.2) is 0 Å². The lowest BCUT2D eigenvalue weighted by atomic mass is 9.86. The molecule has 4 heteroatoms. The lowest BCUT2D eigenvalue weighted by Crippen LogP contribution is -2.47. The van der Waals surface area contributed by atoms with Crippen LogP contribution in [0.5, 0.6) is 0 Å². The maximum absolute atomic E-state index is 12.1. The fraction of sp³-hybridized carbons (Fsp3) is 0.923. The number of nitrogens with zero attached hydrogens (tertiary/aromatic N) is 1. The van der Waals surface area contributed by atoms with Crippen molar-refractivity contribution in [1.82, 2.24) is 10.2 Å². The summed E-state index contributed by atoms with van der Waals surface area (Å²) < 4.78 is 0. The highest BCUT2D eigenvalue weighted by atomic mass is 35.5. The topological polar surface area (TPSA) is 32.3 Å². The molecule has 0 aromatic rings. The van der Waals surface area contributed by atoms with Gasteiger partial charge in [-0.05, 0) is 44.1 Å². The minimum atomic E-state index is 0. The zero-order valence-electron chi connectivity index (χ0n) is 10.9. The van der Waals surface area contributed by atoms with E-state index in [1.54, 1.807) is 0 Å². The maximum atomic E-state index is 12.1. The summed E-state index contributed by atoms with van der Waals surface area (Å²) in [6.45, 7) is 7.54. The molecule has 0 radical (unpaired) electrons. The largest absolute Gasteiger partial charge is 0.341 e. The van der Waals surface area contributed by atoms with Crippen LogP contribution in [0.15, 0.2) is 0 Å². The minimum Gasteiger partial charge on any atom is -0.341 e. The number of carbonyl (C=O) groups is 1. The first-order valence-corrected chi connectivity index (χ1v) is 6.70. The summed E-state index contributed by atoms with van der Waals surface area (Å²) in [5, 5.41) is 3.30. The van der Waals surface area contributed by atoms with Crippen molar-refractivity contribution >= 4 is 18.3 Å². The first-order chi connectivity index (χ1) is 7.68. The van der Waals surface area contributed by atoms with Crippen molar-refractivity contribution in [3.63, 3.8) is 0 Å². The number of amides is 1. The van der Waals surface area contributed by atoms with Gasteiger partial charge in [0.2, 0.25) is 5.91 Å². The van der Waals surface area contributed by atoms with E-state index in [4.69, 9.17) is 0 Å². The van der Waals surface area contributed by atoms with Gasteiger partial charge in [0.1, 0.15) is 0 Å². The summed E-state index contributed by atoms with van der Waals surface area (Å²) in [4.78, 5) is 14.2. The van der Waals surface area contributed by atoms with E-state index in [1.165, 1.54) is 12.8 Å². The molecule has 1 atom stereocenters. The van der Waals surface area contributed by atoms with E-state index in [1.807, 2.05) is 0 Å². The average Bonchev–Trinajstić information content (AvgIpc) is 2.81. The molecule has 0 unspecified atom stereocenters. The number of rotatable bonds is 2. The van der Waals surface area contributed by atoms with E-state index in [0.717, 1.165) is 44.3 Å². The molecule has 2 aliphatic rings. The number of hydrogen-bond donors (Lipinski definition) is 1. The van der Waals surface area contributed by atoms with Gasteiger partial charge in [-0.1, -0.05) is 13.8 Å². The monoisotopic (exact) mass is 260 g/mol. The first-order valence-electron chi connectivity index (χ1n) is 6.70. The Bertz CT molecular complexity index is 244. The molecule has 2 fully saturated rings. The van der Waals surface area contributed by atoms with Gasteiger partial charge in [0.25, 0.3) is 0 Å². The summed E-state index contributed by atoms with van der Waals surface area (Å²) >= 11 is 0. The van der Waals surface area contributed by atoms with Gasteiger partial charge in [0, 0.05) is 13.1 Å². The number of likely N-dealkylation sites (tertiary alicyclic amines) is 1. The Hall–Kier alpha value is -0.280. The van der Waals surface area contributed by atoms with Crippen LogP contribution in [0, 0.1) is 11.8 Å². The highest BCUT2D eigenvalue weighted by Gasteiger charge is 2.30. The van der Waals surface area contributed by atoms with Gasteiger partial charge in [-0.3, -0.25) is 4.79 Å². The normalized spacial score (nSPS) is 26.1. The third kappa shape index (κ3) is 3.59. The van der Waals surface area contributed by atoms with Crippen LogP contribution in [0.1, 0.15) is 39.5 Å². The molecule has 17 heavy (non-hydrogen) atoms. The van der Waals surface area contributed by atoms with Crippen LogP contribution in [0.2, 0.25) is 0 Å². The van der Waals surface area contributed by atoms with Gasteiger partial charge >= 0.3 is 0 Å². The van der Waals surface area contributed by atoms with Crippen LogP contribution in [0.4, 0.5) is 0 Å². The molecule has 2 heterocycles. The highest BCUT2D eigenvalue weighted by Crippen LogP contribution is 2.25. The van der Waals surface area contributed by atoms with Crippen molar-refractivity contribution in [2.45, 2.75) is 45.6 Å². The van der Waals surface area contributed by atoms with Crippen LogP contribution in [0.3, 0.4) is 0 Å². The number of carbonyl (C=O) groups excluding carboxylic acids is 1. The molecule has 2 rings (SSSR count). The lowest BCUT2D eigenvalue weighted by Gasteiger charge is -2.35. The first kappa shape index (κ1) is 14.8. The third-order valence-corrected chi connectivity index (χ3v) is 4.15.